The number of aliphatic hydroxyl groups excluding tert-OH is 1. The lowest BCUT2D eigenvalue weighted by molar-refractivity contribution is 0.218. The maximum Gasteiger partial charge on any atom is 0.211 e. The topological polar surface area (TPSA) is 114 Å². The van der Waals surface area contributed by atoms with Crippen molar-refractivity contribution in [3.05, 3.63) is 64.4 Å². The Balaban J connectivity index is 1.44. The van der Waals surface area contributed by atoms with Crippen molar-refractivity contribution in [3.8, 4) is 17.3 Å². The van der Waals surface area contributed by atoms with Gasteiger partial charge in [-0.25, -0.2) is 17.8 Å². The molecule has 2 aliphatic rings. The molecule has 0 bridgehead atoms. The molecule has 0 amide bonds. The zero-order chi connectivity index (χ0) is 28.9. The number of pyridine rings is 1. The highest BCUT2D eigenvalue weighted by molar-refractivity contribution is 7.88. The molecule has 2 aromatic heterocycles. The van der Waals surface area contributed by atoms with E-state index >= 15 is 0 Å². The summed E-state index contributed by atoms with van der Waals surface area (Å²) in [5, 5.41) is 21.6. The van der Waals surface area contributed by atoms with E-state index in [2.05, 4.69) is 17.0 Å². The maximum absolute atomic E-state index is 13.6. The molecule has 41 heavy (non-hydrogen) atoms. The number of hydrogen-bond acceptors (Lipinski definition) is 9. The molecule has 0 saturated carbocycles. The fraction of sp³-hybridized carbons (Fsp3) is 0.345. The summed E-state index contributed by atoms with van der Waals surface area (Å²) < 4.78 is 39.3. The van der Waals surface area contributed by atoms with Crippen LogP contribution in [0.5, 0.6) is 0 Å². The number of aryl methyl sites for hydroxylation is 1. The van der Waals surface area contributed by atoms with Crippen molar-refractivity contribution in [2.24, 2.45) is 0 Å². The molecular formula is C29H29FN6O3S2. The third-order valence-corrected chi connectivity index (χ3v) is 10.2. The number of nitrogens with zero attached hydrogens (tertiary/aromatic N) is 6. The first-order chi connectivity index (χ1) is 19.7. The Kier molecular flexibility index (Phi) is 7.15. The third-order valence-electron chi connectivity index (χ3n) is 7.88. The van der Waals surface area contributed by atoms with Gasteiger partial charge in [0.05, 0.1) is 30.1 Å². The number of anilines is 3. The van der Waals surface area contributed by atoms with Crippen LogP contribution in [0, 0.1) is 17.1 Å². The Morgan fingerprint density at radius 2 is 1.95 bits per heavy atom. The van der Waals surface area contributed by atoms with Gasteiger partial charge in [0.1, 0.15) is 22.5 Å². The summed E-state index contributed by atoms with van der Waals surface area (Å²) in [6, 6.07) is 13.9. The van der Waals surface area contributed by atoms with E-state index in [1.165, 1.54) is 34.0 Å². The first-order valence-corrected chi connectivity index (χ1v) is 16.0. The number of thiazole rings is 1. The first-order valence-electron chi connectivity index (χ1n) is 13.4. The number of halogens is 1. The second-order valence-corrected chi connectivity index (χ2v) is 13.4. The van der Waals surface area contributed by atoms with Crippen molar-refractivity contribution in [1.82, 2.24) is 14.3 Å². The molecule has 0 unspecified atom stereocenters. The summed E-state index contributed by atoms with van der Waals surface area (Å²) >= 11 is 1.29. The van der Waals surface area contributed by atoms with Crippen molar-refractivity contribution in [3.63, 3.8) is 0 Å². The van der Waals surface area contributed by atoms with Gasteiger partial charge in [-0.15, -0.1) is 0 Å². The molecular weight excluding hydrogens is 563 g/mol. The smallest absolute Gasteiger partial charge is 0.211 e. The zero-order valence-electron chi connectivity index (χ0n) is 22.7. The number of hydrogen-bond donors (Lipinski definition) is 1. The summed E-state index contributed by atoms with van der Waals surface area (Å²) in [4.78, 5) is 14.3. The van der Waals surface area contributed by atoms with Gasteiger partial charge in [-0.3, -0.25) is 4.98 Å². The molecule has 1 aliphatic heterocycles. The number of rotatable bonds is 6. The minimum Gasteiger partial charge on any atom is -0.394 e. The van der Waals surface area contributed by atoms with Crippen LogP contribution in [0.1, 0.15) is 22.6 Å². The van der Waals surface area contributed by atoms with Crippen molar-refractivity contribution >= 4 is 48.8 Å². The van der Waals surface area contributed by atoms with Crippen LogP contribution in [0.4, 0.5) is 20.9 Å². The number of aliphatic hydroxyl groups is 1. The van der Waals surface area contributed by atoms with Crippen molar-refractivity contribution in [2.75, 3.05) is 49.3 Å². The van der Waals surface area contributed by atoms with Gasteiger partial charge in [0, 0.05) is 49.0 Å². The molecule has 1 fully saturated rings. The molecule has 1 aliphatic carbocycles. The van der Waals surface area contributed by atoms with E-state index in [1.54, 1.807) is 12.1 Å². The van der Waals surface area contributed by atoms with Crippen LogP contribution in [-0.4, -0.2) is 73.4 Å². The molecule has 4 aromatic rings. The molecule has 1 N–H and O–H groups in total. The van der Waals surface area contributed by atoms with E-state index in [9.17, 15) is 23.2 Å². The summed E-state index contributed by atoms with van der Waals surface area (Å²) in [5.74, 6) is -0.351. The van der Waals surface area contributed by atoms with E-state index in [4.69, 9.17) is 9.97 Å². The number of fused-ring (bicyclic) bond motifs is 2. The second kappa shape index (κ2) is 10.6. The minimum atomic E-state index is -3.36. The largest absolute Gasteiger partial charge is 0.394 e. The molecule has 12 heteroatoms. The molecule has 3 heterocycles. The van der Waals surface area contributed by atoms with Crippen LogP contribution in [0.3, 0.4) is 0 Å². The standard InChI is InChI=1S/C29H29FN6O3S2/c1-34(29-33-27(26(15-31)40-29)18-6-8-19(30)9-7-18)28-22-4-3-5-24(22)32-25-11-10-20(14-23(25)28)36-13-12-35(41(2,38)39)16-21(36)17-37/h6-11,14,21,37H,3-5,12-13,16-17H2,1-2H3/t21-/m1/s1. The summed E-state index contributed by atoms with van der Waals surface area (Å²) in [6.07, 6.45) is 3.94. The normalized spacial score (nSPS) is 17.5. The molecule has 0 radical (unpaired) electrons. The van der Waals surface area contributed by atoms with E-state index in [1.807, 2.05) is 24.1 Å². The lowest BCUT2D eigenvalue weighted by Gasteiger charge is -2.41. The lowest BCUT2D eigenvalue weighted by atomic mass is 10.0. The predicted octanol–water partition coefficient (Wildman–Crippen LogP) is 4.07. The molecule has 0 spiro atoms. The van der Waals surface area contributed by atoms with E-state index in [0.717, 1.165) is 52.8 Å². The van der Waals surface area contributed by atoms with E-state index < -0.39 is 10.0 Å². The second-order valence-electron chi connectivity index (χ2n) is 10.4. The van der Waals surface area contributed by atoms with E-state index in [-0.39, 0.29) is 25.0 Å². The first kappa shape index (κ1) is 27.5. The Hall–Kier alpha value is -3.63. The van der Waals surface area contributed by atoms with Gasteiger partial charge in [0.15, 0.2) is 5.13 Å². The maximum atomic E-state index is 13.6. The highest BCUT2D eigenvalue weighted by Gasteiger charge is 2.32. The molecule has 6 rings (SSSR count). The average molecular weight is 593 g/mol. The van der Waals surface area contributed by atoms with Crippen LogP contribution in [0.15, 0.2) is 42.5 Å². The molecule has 2 aromatic carbocycles. The Morgan fingerprint density at radius 3 is 2.66 bits per heavy atom. The highest BCUT2D eigenvalue weighted by atomic mass is 32.2. The predicted molar refractivity (Wildman–Crippen MR) is 159 cm³/mol. The van der Waals surface area contributed by atoms with Crippen LogP contribution in [0.25, 0.3) is 22.2 Å². The molecule has 212 valence electrons. The lowest BCUT2D eigenvalue weighted by Crippen LogP contribution is -2.56. The highest BCUT2D eigenvalue weighted by Crippen LogP contribution is 2.43. The Morgan fingerprint density at radius 1 is 1.17 bits per heavy atom. The Bertz CT molecular complexity index is 1790. The number of piperazine rings is 1. The van der Waals surface area contributed by atoms with Gasteiger partial charge in [-0.05, 0) is 67.3 Å². The third kappa shape index (κ3) is 5.04. The zero-order valence-corrected chi connectivity index (χ0v) is 24.3. The van der Waals surface area contributed by atoms with E-state index in [0.29, 0.717) is 34.4 Å². The SMILES string of the molecule is CN(c1nc(-c2ccc(F)cc2)c(C#N)s1)c1c2c(nc3ccc(N4CCN(S(C)(=O)=O)C[C@@H]4CO)cc13)CCC2. The number of sulfonamides is 1. The van der Waals surface area contributed by atoms with Gasteiger partial charge < -0.3 is 14.9 Å². The van der Waals surface area contributed by atoms with Gasteiger partial charge in [-0.2, -0.15) is 9.57 Å². The number of nitriles is 1. The van der Waals surface area contributed by atoms with Crippen LogP contribution >= 0.6 is 11.3 Å². The number of aromatic nitrogens is 2. The van der Waals surface area contributed by atoms with Crippen LogP contribution in [0.2, 0.25) is 0 Å². The van der Waals surface area contributed by atoms with Crippen LogP contribution < -0.4 is 9.80 Å². The van der Waals surface area contributed by atoms with Gasteiger partial charge in [-0.1, -0.05) is 11.3 Å². The van der Waals surface area contributed by atoms with Gasteiger partial charge in [0.25, 0.3) is 0 Å². The molecule has 1 atom stereocenters. The van der Waals surface area contributed by atoms with Gasteiger partial charge in [0.2, 0.25) is 10.0 Å². The summed E-state index contributed by atoms with van der Waals surface area (Å²) in [6.45, 7) is 0.823. The fourth-order valence-corrected chi connectivity index (χ4v) is 7.55. The monoisotopic (exact) mass is 592 g/mol. The number of benzene rings is 2. The quantitative estimate of drug-likeness (QED) is 0.357. The van der Waals surface area contributed by atoms with Crippen LogP contribution in [-0.2, 0) is 22.9 Å². The molecule has 1 saturated heterocycles. The van der Waals surface area contributed by atoms with Crippen molar-refractivity contribution in [2.45, 2.75) is 25.3 Å². The Labute approximate surface area is 242 Å². The summed E-state index contributed by atoms with van der Waals surface area (Å²) in [5.41, 5.74) is 6.08. The van der Waals surface area contributed by atoms with Gasteiger partial charge >= 0.3 is 0 Å². The molecule has 9 nitrogen and oxygen atoms in total. The summed E-state index contributed by atoms with van der Waals surface area (Å²) in [7, 11) is -1.42. The van der Waals surface area contributed by atoms with Crippen molar-refractivity contribution in [1.29, 1.82) is 5.26 Å². The fourth-order valence-electron chi connectivity index (χ4n) is 5.84. The van der Waals surface area contributed by atoms with Crippen molar-refractivity contribution < 1.29 is 17.9 Å². The average Bonchev–Trinajstić information content (AvgIpc) is 3.62. The minimum absolute atomic E-state index is 0.179.